The minimum atomic E-state index is -4.24. The van der Waals surface area contributed by atoms with Gasteiger partial charge in [-0.15, -0.1) is 0 Å². The first-order chi connectivity index (χ1) is 18.7. The fraction of sp³-hybridized carbons (Fsp3) is 0.310. The first kappa shape index (κ1) is 31.4. The molecular weight excluding hydrogens is 618 g/mol. The fourth-order valence-electron chi connectivity index (χ4n) is 3.93. The van der Waals surface area contributed by atoms with E-state index in [0.29, 0.717) is 0 Å². The molecule has 0 aliphatic heterocycles. The number of ether oxygens (including phenoxy) is 1. The Morgan fingerprint density at radius 1 is 1.02 bits per heavy atom. The van der Waals surface area contributed by atoms with E-state index < -0.39 is 34.1 Å². The van der Waals surface area contributed by atoms with Gasteiger partial charge in [0.05, 0.1) is 17.7 Å². The van der Waals surface area contributed by atoms with E-state index in [1.54, 1.807) is 31.2 Å². The summed E-state index contributed by atoms with van der Waals surface area (Å²) in [5, 5.41) is 3.17. The lowest BCUT2D eigenvalue weighted by Gasteiger charge is -2.33. The second kappa shape index (κ2) is 13.1. The molecule has 3 aromatic carbocycles. The zero-order valence-electron chi connectivity index (χ0n) is 23.0. The molecule has 0 spiro atoms. The summed E-state index contributed by atoms with van der Waals surface area (Å²) in [6.45, 7) is 6.64. The summed E-state index contributed by atoms with van der Waals surface area (Å²) in [4.78, 5) is 28.6. The molecule has 1 N–H and O–H groups in total. The highest BCUT2D eigenvalue weighted by Crippen LogP contribution is 2.35. The van der Waals surface area contributed by atoms with Gasteiger partial charge in [0, 0.05) is 21.6 Å². The van der Waals surface area contributed by atoms with Crippen molar-refractivity contribution in [2.45, 2.75) is 50.7 Å². The van der Waals surface area contributed by atoms with Crippen molar-refractivity contribution in [1.29, 1.82) is 0 Å². The summed E-state index contributed by atoms with van der Waals surface area (Å²) in [6.07, 6.45) is 0. The topological polar surface area (TPSA) is 96.0 Å². The molecule has 3 rings (SSSR count). The molecule has 1 unspecified atom stereocenters. The normalized spacial score (nSPS) is 12.4. The van der Waals surface area contributed by atoms with Crippen LogP contribution in [0.25, 0.3) is 0 Å². The Balaban J connectivity index is 2.09. The monoisotopic (exact) mass is 649 g/mol. The molecule has 0 saturated carbocycles. The summed E-state index contributed by atoms with van der Waals surface area (Å²) in [5.74, 6) is -0.730. The van der Waals surface area contributed by atoms with Crippen LogP contribution in [0.3, 0.4) is 0 Å². The molecule has 0 aromatic heterocycles. The van der Waals surface area contributed by atoms with Crippen LogP contribution >= 0.6 is 27.5 Å². The zero-order chi connectivity index (χ0) is 29.7. The Kier molecular flexibility index (Phi) is 10.3. The van der Waals surface area contributed by atoms with Gasteiger partial charge in [0.25, 0.3) is 10.0 Å². The first-order valence-electron chi connectivity index (χ1n) is 12.5. The Hall–Kier alpha value is -3.08. The molecule has 2 amide bonds. The molecule has 0 radical (unpaired) electrons. The second-order valence-corrected chi connectivity index (χ2v) is 13.4. The summed E-state index contributed by atoms with van der Waals surface area (Å²) in [6, 6.07) is 18.8. The third-order valence-electron chi connectivity index (χ3n) is 5.95. The molecule has 0 aliphatic carbocycles. The predicted octanol–water partition coefficient (Wildman–Crippen LogP) is 5.64. The SMILES string of the molecule is COc1ccc(Cl)cc1N(CC(=O)N(Cc1ccc(Br)cc1)C(C)C(=O)NC(C)(C)C)S(=O)(=O)c1ccccc1. The maximum absolute atomic E-state index is 14.0. The van der Waals surface area contributed by atoms with Crippen molar-refractivity contribution in [1.82, 2.24) is 10.2 Å². The quantitative estimate of drug-likeness (QED) is 0.307. The lowest BCUT2D eigenvalue weighted by molar-refractivity contribution is -0.140. The number of anilines is 1. The smallest absolute Gasteiger partial charge is 0.264 e. The standard InChI is InChI=1S/C29H33BrClN3O5S/c1-20(28(36)32-29(2,3)4)33(18-21-11-13-22(30)14-12-21)27(35)19-34(25-17-23(31)15-16-26(25)39-5)40(37,38)24-9-7-6-8-10-24/h6-17,20H,18-19H2,1-5H3,(H,32,36). The average Bonchev–Trinajstić information content (AvgIpc) is 2.90. The van der Waals surface area contributed by atoms with Crippen LogP contribution in [0.15, 0.2) is 82.2 Å². The molecule has 1 atom stereocenters. The van der Waals surface area contributed by atoms with Crippen molar-refractivity contribution in [3.05, 3.63) is 87.9 Å². The number of carbonyl (C=O) groups excluding carboxylic acids is 2. The molecule has 214 valence electrons. The van der Waals surface area contributed by atoms with Gasteiger partial charge in [0.1, 0.15) is 18.3 Å². The van der Waals surface area contributed by atoms with Gasteiger partial charge in [0.2, 0.25) is 11.8 Å². The van der Waals surface area contributed by atoms with E-state index >= 15 is 0 Å². The molecule has 0 fully saturated rings. The maximum atomic E-state index is 14.0. The van der Waals surface area contributed by atoms with Gasteiger partial charge in [-0.3, -0.25) is 13.9 Å². The minimum absolute atomic E-state index is 0.0113. The van der Waals surface area contributed by atoms with Crippen LogP contribution in [0.5, 0.6) is 5.75 Å². The van der Waals surface area contributed by atoms with E-state index in [-0.39, 0.29) is 33.8 Å². The van der Waals surface area contributed by atoms with Gasteiger partial charge < -0.3 is 15.0 Å². The van der Waals surface area contributed by atoms with Gasteiger partial charge in [0.15, 0.2) is 0 Å². The van der Waals surface area contributed by atoms with Crippen LogP contribution in [-0.4, -0.2) is 50.4 Å². The highest BCUT2D eigenvalue weighted by atomic mass is 79.9. The highest BCUT2D eigenvalue weighted by molar-refractivity contribution is 9.10. The van der Waals surface area contributed by atoms with Crippen molar-refractivity contribution < 1.29 is 22.7 Å². The van der Waals surface area contributed by atoms with Gasteiger partial charge >= 0.3 is 0 Å². The molecule has 0 heterocycles. The predicted molar refractivity (Wildman–Crippen MR) is 161 cm³/mol. The second-order valence-electron chi connectivity index (χ2n) is 10.2. The lowest BCUT2D eigenvalue weighted by atomic mass is 10.1. The van der Waals surface area contributed by atoms with Crippen LogP contribution in [0.1, 0.15) is 33.3 Å². The molecule has 40 heavy (non-hydrogen) atoms. The Bertz CT molecular complexity index is 1440. The summed E-state index contributed by atoms with van der Waals surface area (Å²) in [7, 11) is -2.84. The van der Waals surface area contributed by atoms with Crippen molar-refractivity contribution in [3.8, 4) is 5.75 Å². The van der Waals surface area contributed by atoms with Crippen LogP contribution in [0.2, 0.25) is 5.02 Å². The summed E-state index contributed by atoms with van der Waals surface area (Å²) >= 11 is 9.66. The Labute approximate surface area is 249 Å². The van der Waals surface area contributed by atoms with E-state index in [9.17, 15) is 18.0 Å². The molecular formula is C29H33BrClN3O5S. The molecule has 0 saturated heterocycles. The minimum Gasteiger partial charge on any atom is -0.495 e. The summed E-state index contributed by atoms with van der Waals surface area (Å²) < 4.78 is 35.1. The molecule has 8 nitrogen and oxygen atoms in total. The van der Waals surface area contributed by atoms with E-state index in [0.717, 1.165) is 14.3 Å². The maximum Gasteiger partial charge on any atom is 0.264 e. The Morgan fingerprint density at radius 3 is 2.23 bits per heavy atom. The van der Waals surface area contributed by atoms with Crippen molar-refractivity contribution in [2.75, 3.05) is 18.0 Å². The fourth-order valence-corrected chi connectivity index (χ4v) is 5.80. The van der Waals surface area contributed by atoms with Crippen LogP contribution in [0.4, 0.5) is 5.69 Å². The van der Waals surface area contributed by atoms with Crippen molar-refractivity contribution in [3.63, 3.8) is 0 Å². The molecule has 0 bridgehead atoms. The highest BCUT2D eigenvalue weighted by Gasteiger charge is 2.34. The van der Waals surface area contributed by atoms with Crippen LogP contribution in [0, 0.1) is 0 Å². The first-order valence-corrected chi connectivity index (χ1v) is 15.1. The number of nitrogens with zero attached hydrogens (tertiary/aromatic N) is 2. The van der Waals surface area contributed by atoms with E-state index in [2.05, 4.69) is 21.2 Å². The van der Waals surface area contributed by atoms with Gasteiger partial charge in [-0.05, 0) is 75.7 Å². The number of nitrogens with one attached hydrogen (secondary N) is 1. The van der Waals surface area contributed by atoms with E-state index in [1.165, 1.54) is 36.3 Å². The number of methoxy groups -OCH3 is 1. The summed E-state index contributed by atoms with van der Waals surface area (Å²) in [5.41, 5.74) is 0.335. The number of benzene rings is 3. The van der Waals surface area contributed by atoms with Crippen molar-refractivity contribution in [2.24, 2.45) is 0 Å². The van der Waals surface area contributed by atoms with Crippen molar-refractivity contribution >= 4 is 55.1 Å². The number of sulfonamides is 1. The molecule has 11 heteroatoms. The number of amides is 2. The van der Waals surface area contributed by atoms with Gasteiger partial charge in [-0.1, -0.05) is 57.9 Å². The largest absolute Gasteiger partial charge is 0.495 e. The van der Waals surface area contributed by atoms with Crippen LogP contribution < -0.4 is 14.4 Å². The van der Waals surface area contributed by atoms with E-state index in [1.807, 2.05) is 45.0 Å². The number of carbonyl (C=O) groups is 2. The molecule has 0 aliphatic rings. The number of hydrogen-bond donors (Lipinski definition) is 1. The average molecular weight is 651 g/mol. The van der Waals surface area contributed by atoms with E-state index in [4.69, 9.17) is 16.3 Å². The van der Waals surface area contributed by atoms with Crippen LogP contribution in [-0.2, 0) is 26.2 Å². The number of halogens is 2. The third-order valence-corrected chi connectivity index (χ3v) is 8.49. The number of hydrogen-bond acceptors (Lipinski definition) is 5. The lowest BCUT2D eigenvalue weighted by Crippen LogP contribution is -2.54. The van der Waals surface area contributed by atoms with Gasteiger partial charge in [-0.25, -0.2) is 8.42 Å². The number of rotatable bonds is 10. The zero-order valence-corrected chi connectivity index (χ0v) is 26.2. The van der Waals surface area contributed by atoms with Gasteiger partial charge in [-0.2, -0.15) is 0 Å². The molecule has 3 aromatic rings. The Morgan fingerprint density at radius 2 is 1.65 bits per heavy atom. The third kappa shape index (κ3) is 7.99.